The van der Waals surface area contributed by atoms with E-state index in [0.717, 1.165) is 73.3 Å². The van der Waals surface area contributed by atoms with Crippen molar-refractivity contribution >= 4 is 43.1 Å². The molecule has 0 atom stereocenters. The lowest BCUT2D eigenvalue weighted by atomic mass is 9.88. The Morgan fingerprint density at radius 2 is 0.590 bits per heavy atom. The van der Waals surface area contributed by atoms with E-state index >= 15 is 0 Å². The molecule has 0 spiro atoms. The van der Waals surface area contributed by atoms with Crippen LogP contribution in [0.1, 0.15) is 110 Å². The smallest absolute Gasteiger partial charge is 0.152 e. The normalized spacial score (nSPS) is 11.3. The maximum Gasteiger partial charge on any atom is 0.152 e. The van der Waals surface area contributed by atoms with Gasteiger partial charge < -0.3 is 0 Å². The van der Waals surface area contributed by atoms with Gasteiger partial charge in [0.2, 0.25) is 0 Å². The summed E-state index contributed by atoms with van der Waals surface area (Å²) >= 11 is 0. The molecule has 0 radical (unpaired) electrons. The monoisotopic (exact) mass is 576 g/mol. The van der Waals surface area contributed by atoms with Crippen LogP contribution in [0, 0.1) is 34.4 Å². The first-order chi connectivity index (χ1) is 18.7. The highest BCUT2D eigenvalue weighted by Crippen LogP contribution is 2.28. The van der Waals surface area contributed by atoms with Crippen LogP contribution in [0.25, 0.3) is 0 Å². The number of carbonyl (C=O) groups excluding carboxylic acids is 3. The van der Waals surface area contributed by atoms with E-state index in [1.165, 1.54) is 0 Å². The van der Waals surface area contributed by atoms with Gasteiger partial charge in [-0.2, -0.15) is 0 Å². The minimum atomic E-state index is -1.88. The number of rotatable bonds is 12. The lowest BCUT2D eigenvalue weighted by Gasteiger charge is -2.21. The van der Waals surface area contributed by atoms with Gasteiger partial charge in [-0.3, -0.25) is 14.4 Å². The Labute approximate surface area is 241 Å². The summed E-state index contributed by atoms with van der Waals surface area (Å²) in [5.74, 6) is 9.92. The summed E-state index contributed by atoms with van der Waals surface area (Å²) in [5.41, 5.74) is 12.6. The second-order valence-electron chi connectivity index (χ2n) is 10.5. The van der Waals surface area contributed by atoms with Crippen LogP contribution in [-0.2, 0) is 0 Å². The van der Waals surface area contributed by atoms with E-state index < -0.39 is 24.2 Å². The molecular weight excluding hydrogens is 529 g/mol. The predicted molar refractivity (Wildman–Crippen MR) is 175 cm³/mol. The highest BCUT2D eigenvalue weighted by atomic mass is 28.3. The Morgan fingerprint density at radius 3 is 0.718 bits per heavy atom. The largest absolute Gasteiger partial charge is 0.298 e. The fraction of sp³-hybridized carbons (Fsp3) is 0.545. The van der Waals surface area contributed by atoms with Crippen molar-refractivity contribution in [3.8, 4) is 34.4 Å². The molecule has 1 aromatic rings. The Hall–Kier alpha value is -2.44. The lowest BCUT2D eigenvalue weighted by Crippen LogP contribution is -2.30. The van der Waals surface area contributed by atoms with Gasteiger partial charge in [-0.1, -0.05) is 80.1 Å². The van der Waals surface area contributed by atoms with Gasteiger partial charge >= 0.3 is 0 Å². The molecule has 0 aliphatic rings. The van der Waals surface area contributed by atoms with Gasteiger partial charge in [0.15, 0.2) is 18.9 Å². The maximum atomic E-state index is 12.6. The number of hydrogen-bond acceptors (Lipinski definition) is 3. The Kier molecular flexibility index (Phi) is 14.2. The molecule has 0 saturated carbocycles. The van der Waals surface area contributed by atoms with Crippen molar-refractivity contribution in [2.75, 3.05) is 0 Å². The fourth-order valence-corrected chi connectivity index (χ4v) is 12.5. The second-order valence-corrected chi connectivity index (χ2v) is 25.3. The first kappa shape index (κ1) is 34.6. The quantitative estimate of drug-likeness (QED) is 0.143. The minimum Gasteiger partial charge on any atom is -0.298 e. The van der Waals surface area contributed by atoms with Crippen molar-refractivity contribution in [3.63, 3.8) is 0 Å². The highest BCUT2D eigenvalue weighted by molar-refractivity contribution is 6.88. The zero-order valence-electron chi connectivity index (χ0n) is 25.8. The zero-order chi connectivity index (χ0) is 29.7. The van der Waals surface area contributed by atoms with Crippen molar-refractivity contribution in [3.05, 3.63) is 33.4 Å². The lowest BCUT2D eigenvalue weighted by molar-refractivity contribution is 0.112. The fourth-order valence-electron chi connectivity index (χ4n) is 5.20. The number of carbonyl (C=O) groups is 3. The molecule has 0 saturated heterocycles. The van der Waals surface area contributed by atoms with Crippen molar-refractivity contribution in [2.45, 2.75) is 117 Å². The molecule has 210 valence electrons. The summed E-state index contributed by atoms with van der Waals surface area (Å²) in [6.07, 6.45) is 2.19. The van der Waals surface area contributed by atoms with Crippen LogP contribution in [0.3, 0.4) is 0 Å². The number of hydrogen-bond donors (Lipinski definition) is 0. The predicted octanol–water partition coefficient (Wildman–Crippen LogP) is 8.32. The van der Waals surface area contributed by atoms with Crippen molar-refractivity contribution < 1.29 is 14.4 Å². The molecule has 6 heteroatoms. The van der Waals surface area contributed by atoms with Gasteiger partial charge in [0.1, 0.15) is 24.2 Å². The number of aldehydes is 3. The molecule has 0 aromatic heterocycles. The first-order valence-electron chi connectivity index (χ1n) is 14.9. The molecule has 0 fully saturated rings. The SMILES string of the molecule is CC[Si](C#Cc1c(C=O)c(C#C[Si](CC)(CC)CC)c(C=O)c(C#C[Si](CC)(CC)CC)c1C=O)(CC)CC. The molecule has 0 N–H and O–H groups in total. The van der Waals surface area contributed by atoms with Gasteiger partial charge in [-0.15, -0.1) is 16.6 Å². The Morgan fingerprint density at radius 1 is 0.410 bits per heavy atom. The molecule has 0 aliphatic carbocycles. The van der Waals surface area contributed by atoms with Gasteiger partial charge in [-0.25, -0.2) is 0 Å². The van der Waals surface area contributed by atoms with E-state index in [1.54, 1.807) is 0 Å². The molecule has 3 nitrogen and oxygen atoms in total. The molecule has 1 aromatic carbocycles. The third-order valence-corrected chi connectivity index (χ3v) is 23.6. The van der Waals surface area contributed by atoms with Crippen molar-refractivity contribution in [1.82, 2.24) is 0 Å². The van der Waals surface area contributed by atoms with E-state index in [1.807, 2.05) is 0 Å². The molecular formula is C33H48O3Si3. The molecule has 0 unspecified atom stereocenters. The average Bonchev–Trinajstić information content (AvgIpc) is 2.99. The van der Waals surface area contributed by atoms with Crippen molar-refractivity contribution in [2.24, 2.45) is 0 Å². The van der Waals surface area contributed by atoms with Gasteiger partial charge in [0.25, 0.3) is 0 Å². The van der Waals surface area contributed by atoms with E-state index in [2.05, 4.69) is 96.7 Å². The third kappa shape index (κ3) is 7.61. The highest BCUT2D eigenvalue weighted by Gasteiger charge is 2.28. The van der Waals surface area contributed by atoms with E-state index in [4.69, 9.17) is 0 Å². The van der Waals surface area contributed by atoms with Crippen LogP contribution in [0.2, 0.25) is 54.4 Å². The molecule has 0 heterocycles. The summed E-state index contributed by atoms with van der Waals surface area (Å²) in [5, 5.41) is 0. The summed E-state index contributed by atoms with van der Waals surface area (Å²) in [7, 11) is -5.64. The van der Waals surface area contributed by atoms with Gasteiger partial charge in [0.05, 0.1) is 0 Å². The Bertz CT molecular complexity index is 1020. The average molecular weight is 577 g/mol. The Balaban J connectivity index is 4.43. The van der Waals surface area contributed by atoms with Gasteiger partial charge in [0, 0.05) is 33.4 Å². The first-order valence-corrected chi connectivity index (χ1v) is 22.7. The summed E-state index contributed by atoms with van der Waals surface area (Å²) in [6, 6.07) is 9.01. The minimum absolute atomic E-state index is 0.257. The van der Waals surface area contributed by atoms with E-state index in [-0.39, 0.29) is 16.7 Å². The second kappa shape index (κ2) is 16.0. The summed E-state index contributed by atoms with van der Waals surface area (Å²) in [4.78, 5) is 37.9. The molecule has 0 bridgehead atoms. The molecule has 39 heavy (non-hydrogen) atoms. The van der Waals surface area contributed by atoms with Crippen LogP contribution in [0.5, 0.6) is 0 Å². The standard InChI is InChI=1S/C33H48O3Si3/c1-10-37(11-2,12-3)22-19-28-31(25-34)29(20-23-38(13-4,14-5)15-6)33(27-36)30(32(28)26-35)21-24-39(16-7,17-8)18-9/h25-27H,10-18H2,1-9H3. The van der Waals surface area contributed by atoms with Crippen molar-refractivity contribution in [1.29, 1.82) is 0 Å². The van der Waals surface area contributed by atoms with E-state index in [9.17, 15) is 14.4 Å². The maximum absolute atomic E-state index is 12.6. The van der Waals surface area contributed by atoms with Crippen LogP contribution in [0.4, 0.5) is 0 Å². The molecule has 0 aliphatic heterocycles. The zero-order valence-corrected chi connectivity index (χ0v) is 28.8. The van der Waals surface area contributed by atoms with Gasteiger partial charge in [-0.05, 0) is 54.4 Å². The topological polar surface area (TPSA) is 51.2 Å². The van der Waals surface area contributed by atoms with Crippen LogP contribution < -0.4 is 0 Å². The third-order valence-electron chi connectivity index (χ3n) is 9.42. The summed E-state index contributed by atoms with van der Waals surface area (Å²) in [6.45, 7) is 19.6. The summed E-state index contributed by atoms with van der Waals surface area (Å²) < 4.78 is 0. The van der Waals surface area contributed by atoms with Crippen LogP contribution in [0.15, 0.2) is 0 Å². The molecule has 0 amide bonds. The number of benzene rings is 1. The molecule has 1 rings (SSSR count). The van der Waals surface area contributed by atoms with Crippen LogP contribution >= 0.6 is 0 Å². The van der Waals surface area contributed by atoms with E-state index in [0.29, 0.717) is 16.7 Å². The van der Waals surface area contributed by atoms with Crippen LogP contribution in [-0.4, -0.2) is 43.1 Å².